The molecule has 0 aliphatic carbocycles. The first-order valence-electron chi connectivity index (χ1n) is 4.68. The molecule has 17 heavy (non-hydrogen) atoms. The van der Waals surface area contributed by atoms with E-state index in [-0.39, 0.29) is 17.4 Å². The molecule has 0 aliphatic heterocycles. The van der Waals surface area contributed by atoms with Gasteiger partial charge in [0.1, 0.15) is 0 Å². The fraction of sp³-hybridized carbons (Fsp3) is 0.400. The van der Waals surface area contributed by atoms with E-state index in [0.717, 1.165) is 12.1 Å². The molecular formula is C10H13Cl2F3N2. The number of hydrogen-bond donors (Lipinski definition) is 2. The van der Waals surface area contributed by atoms with Gasteiger partial charge in [-0.2, -0.15) is 13.2 Å². The molecule has 4 N–H and O–H groups in total. The van der Waals surface area contributed by atoms with Gasteiger partial charge in [0.2, 0.25) is 0 Å². The molecule has 0 fully saturated rings. The van der Waals surface area contributed by atoms with Crippen LogP contribution in [-0.4, -0.2) is 6.54 Å². The molecule has 1 rings (SSSR count). The standard InChI is InChI=1S/C10H12ClF3N2.ClH/c11-8-4-6(9(16)1-2-15)3-7(5-8)10(12,13)14;/h3-5,9H,1-2,15-16H2;1H/t9-;/m1./s1. The van der Waals surface area contributed by atoms with Crippen molar-refractivity contribution in [1.82, 2.24) is 0 Å². The lowest BCUT2D eigenvalue weighted by molar-refractivity contribution is -0.137. The van der Waals surface area contributed by atoms with Gasteiger partial charge in [0, 0.05) is 11.1 Å². The molecule has 0 saturated heterocycles. The van der Waals surface area contributed by atoms with E-state index in [0.29, 0.717) is 18.5 Å². The Kier molecular flexibility index (Phi) is 6.26. The largest absolute Gasteiger partial charge is 0.416 e. The highest BCUT2D eigenvalue weighted by molar-refractivity contribution is 6.30. The molecule has 98 valence electrons. The number of hydrogen-bond acceptors (Lipinski definition) is 2. The number of nitrogens with two attached hydrogens (primary N) is 2. The molecule has 0 bridgehead atoms. The number of alkyl halides is 3. The van der Waals surface area contributed by atoms with Crippen molar-refractivity contribution in [3.05, 3.63) is 34.3 Å². The molecule has 1 atom stereocenters. The zero-order valence-corrected chi connectivity index (χ0v) is 10.4. The van der Waals surface area contributed by atoms with Crippen LogP contribution in [0.4, 0.5) is 13.2 Å². The normalized spacial score (nSPS) is 13.1. The number of halogens is 5. The molecule has 1 aromatic rings. The summed E-state index contributed by atoms with van der Waals surface area (Å²) in [6.07, 6.45) is -4.00. The Morgan fingerprint density at radius 3 is 2.29 bits per heavy atom. The third-order valence-corrected chi connectivity index (χ3v) is 2.37. The minimum absolute atomic E-state index is 0. The van der Waals surface area contributed by atoms with Gasteiger partial charge in [-0.05, 0) is 36.7 Å². The smallest absolute Gasteiger partial charge is 0.330 e. The van der Waals surface area contributed by atoms with Crippen molar-refractivity contribution in [2.45, 2.75) is 18.6 Å². The SMILES string of the molecule is Cl.NCC[C@@H](N)c1cc(Cl)cc(C(F)(F)F)c1. The minimum atomic E-state index is -4.41. The highest BCUT2D eigenvalue weighted by Crippen LogP contribution is 2.33. The van der Waals surface area contributed by atoms with Crippen molar-refractivity contribution in [3.63, 3.8) is 0 Å². The van der Waals surface area contributed by atoms with E-state index < -0.39 is 17.8 Å². The zero-order chi connectivity index (χ0) is 12.3. The van der Waals surface area contributed by atoms with E-state index in [9.17, 15) is 13.2 Å². The van der Waals surface area contributed by atoms with Crippen molar-refractivity contribution in [2.24, 2.45) is 11.5 Å². The molecule has 1 aromatic carbocycles. The molecule has 0 aromatic heterocycles. The molecule has 7 heteroatoms. The molecule has 0 radical (unpaired) electrons. The third-order valence-electron chi connectivity index (χ3n) is 2.15. The van der Waals surface area contributed by atoms with E-state index >= 15 is 0 Å². The van der Waals surface area contributed by atoms with Crippen molar-refractivity contribution in [2.75, 3.05) is 6.54 Å². The fourth-order valence-corrected chi connectivity index (χ4v) is 1.58. The number of benzene rings is 1. The van der Waals surface area contributed by atoms with E-state index in [1.165, 1.54) is 6.07 Å². The Morgan fingerprint density at radius 1 is 1.24 bits per heavy atom. The topological polar surface area (TPSA) is 52.0 Å². The third kappa shape index (κ3) is 4.71. The van der Waals surface area contributed by atoms with E-state index in [1.54, 1.807) is 0 Å². The zero-order valence-electron chi connectivity index (χ0n) is 8.80. The average molecular weight is 289 g/mol. The van der Waals surface area contributed by atoms with Crippen LogP contribution in [0.5, 0.6) is 0 Å². The molecule has 2 nitrogen and oxygen atoms in total. The lowest BCUT2D eigenvalue weighted by Gasteiger charge is -2.14. The maximum atomic E-state index is 12.5. The Labute approximate surface area is 109 Å². The van der Waals surface area contributed by atoms with Crippen LogP contribution in [0.1, 0.15) is 23.6 Å². The summed E-state index contributed by atoms with van der Waals surface area (Å²) in [5.74, 6) is 0. The van der Waals surface area contributed by atoms with Crippen molar-refractivity contribution in [1.29, 1.82) is 0 Å². The van der Waals surface area contributed by atoms with E-state index in [4.69, 9.17) is 23.1 Å². The Bertz CT molecular complexity index is 369. The lowest BCUT2D eigenvalue weighted by Crippen LogP contribution is -2.16. The van der Waals surface area contributed by atoms with Gasteiger partial charge in [-0.15, -0.1) is 12.4 Å². The van der Waals surface area contributed by atoms with Gasteiger partial charge < -0.3 is 11.5 Å². The van der Waals surface area contributed by atoms with Gasteiger partial charge in [0.15, 0.2) is 0 Å². The fourth-order valence-electron chi connectivity index (χ4n) is 1.34. The Morgan fingerprint density at radius 2 is 1.82 bits per heavy atom. The summed E-state index contributed by atoms with van der Waals surface area (Å²) < 4.78 is 37.4. The van der Waals surface area contributed by atoms with Gasteiger partial charge in [0.25, 0.3) is 0 Å². The van der Waals surface area contributed by atoms with Gasteiger partial charge in [0.05, 0.1) is 5.56 Å². The second-order valence-electron chi connectivity index (χ2n) is 3.45. The summed E-state index contributed by atoms with van der Waals surface area (Å²) in [6.45, 7) is 0.315. The molecular weight excluding hydrogens is 276 g/mol. The first kappa shape index (κ1) is 16.5. The molecule has 0 heterocycles. The predicted octanol–water partition coefficient (Wildman–Crippen LogP) is 3.13. The minimum Gasteiger partial charge on any atom is -0.330 e. The second kappa shape index (κ2) is 6.44. The van der Waals surface area contributed by atoms with Crippen molar-refractivity contribution >= 4 is 24.0 Å². The summed E-state index contributed by atoms with van der Waals surface area (Å²) in [6, 6.07) is 2.79. The van der Waals surface area contributed by atoms with Crippen LogP contribution >= 0.6 is 24.0 Å². The van der Waals surface area contributed by atoms with Crippen LogP contribution in [0.25, 0.3) is 0 Å². The van der Waals surface area contributed by atoms with Crippen LogP contribution < -0.4 is 11.5 Å². The molecule has 0 aliphatic rings. The van der Waals surface area contributed by atoms with Gasteiger partial charge >= 0.3 is 6.18 Å². The summed E-state index contributed by atoms with van der Waals surface area (Å²) >= 11 is 5.61. The summed E-state index contributed by atoms with van der Waals surface area (Å²) in [4.78, 5) is 0. The first-order chi connectivity index (χ1) is 7.34. The summed E-state index contributed by atoms with van der Waals surface area (Å²) in [5, 5.41) is 0.0253. The average Bonchev–Trinajstić information content (AvgIpc) is 2.16. The highest BCUT2D eigenvalue weighted by atomic mass is 35.5. The van der Waals surface area contributed by atoms with Gasteiger partial charge in [-0.25, -0.2) is 0 Å². The van der Waals surface area contributed by atoms with Crippen LogP contribution in [0.3, 0.4) is 0 Å². The quantitative estimate of drug-likeness (QED) is 0.898. The van der Waals surface area contributed by atoms with Gasteiger partial charge in [-0.1, -0.05) is 11.6 Å². The Hall–Kier alpha value is -0.490. The summed E-state index contributed by atoms with van der Waals surface area (Å²) in [7, 11) is 0. The van der Waals surface area contributed by atoms with Crippen molar-refractivity contribution in [3.8, 4) is 0 Å². The van der Waals surface area contributed by atoms with E-state index in [1.807, 2.05) is 0 Å². The first-order valence-corrected chi connectivity index (χ1v) is 5.05. The predicted molar refractivity (Wildman–Crippen MR) is 64.3 cm³/mol. The number of rotatable bonds is 3. The van der Waals surface area contributed by atoms with E-state index in [2.05, 4.69) is 0 Å². The van der Waals surface area contributed by atoms with Crippen LogP contribution in [-0.2, 0) is 6.18 Å². The van der Waals surface area contributed by atoms with Gasteiger partial charge in [-0.3, -0.25) is 0 Å². The maximum Gasteiger partial charge on any atom is 0.416 e. The van der Waals surface area contributed by atoms with Crippen LogP contribution in [0, 0.1) is 0 Å². The molecule has 0 spiro atoms. The monoisotopic (exact) mass is 288 g/mol. The highest BCUT2D eigenvalue weighted by Gasteiger charge is 2.31. The molecule has 0 amide bonds. The van der Waals surface area contributed by atoms with Crippen LogP contribution in [0.15, 0.2) is 18.2 Å². The Balaban J connectivity index is 0.00000256. The van der Waals surface area contributed by atoms with Crippen LogP contribution in [0.2, 0.25) is 5.02 Å². The lowest BCUT2D eigenvalue weighted by atomic mass is 10.0. The summed E-state index contributed by atoms with van der Waals surface area (Å²) in [5.41, 5.74) is 10.5. The molecule has 0 unspecified atom stereocenters. The maximum absolute atomic E-state index is 12.5. The molecule has 0 saturated carbocycles. The van der Waals surface area contributed by atoms with Crippen molar-refractivity contribution < 1.29 is 13.2 Å². The second-order valence-corrected chi connectivity index (χ2v) is 3.89.